The molecule has 0 radical (unpaired) electrons. The minimum Gasteiger partial charge on any atom is -0.481 e. The van der Waals surface area contributed by atoms with Crippen LogP contribution in [0.5, 0.6) is 0 Å². The van der Waals surface area contributed by atoms with E-state index in [1.807, 2.05) is 13.0 Å². The molecule has 23 heavy (non-hydrogen) atoms. The van der Waals surface area contributed by atoms with Gasteiger partial charge in [-0.15, -0.1) is 6.58 Å². The molecule has 2 fully saturated rings. The highest BCUT2D eigenvalue weighted by Gasteiger charge is 2.60. The average molecular weight is 316 g/mol. The predicted octanol–water partition coefficient (Wildman–Crippen LogP) is 4.39. The minimum atomic E-state index is -0.770. The van der Waals surface area contributed by atoms with Crippen LogP contribution in [0.4, 0.5) is 0 Å². The van der Waals surface area contributed by atoms with Gasteiger partial charge in [0.15, 0.2) is 5.78 Å². The zero-order valence-corrected chi connectivity index (χ0v) is 14.5. The molecular formula is C20H28O3. The number of hydrogen-bond acceptors (Lipinski definition) is 2. The molecule has 0 heterocycles. The molecule has 2 saturated carbocycles. The van der Waals surface area contributed by atoms with E-state index in [0.717, 1.165) is 31.3 Å². The van der Waals surface area contributed by atoms with Crippen molar-refractivity contribution >= 4 is 11.8 Å². The van der Waals surface area contributed by atoms with Gasteiger partial charge in [0.05, 0.1) is 5.41 Å². The SMILES string of the molecule is C=C[C@]1(C)C=C2C(=O)C[C@@H]3[C@](C)(CCC[C@@]3(C)C(=O)O)[C@H]2CC1. The Hall–Kier alpha value is -1.38. The summed E-state index contributed by atoms with van der Waals surface area (Å²) in [5, 5.41) is 9.82. The lowest BCUT2D eigenvalue weighted by atomic mass is 9.45. The van der Waals surface area contributed by atoms with Gasteiger partial charge in [-0.2, -0.15) is 0 Å². The van der Waals surface area contributed by atoms with E-state index in [1.54, 1.807) is 0 Å². The van der Waals surface area contributed by atoms with E-state index < -0.39 is 11.4 Å². The molecule has 3 heteroatoms. The van der Waals surface area contributed by atoms with Crippen molar-refractivity contribution in [1.82, 2.24) is 0 Å². The summed E-state index contributed by atoms with van der Waals surface area (Å²) in [4.78, 5) is 24.8. The number of carboxylic acids is 1. The Kier molecular flexibility index (Phi) is 3.62. The molecule has 3 aliphatic carbocycles. The van der Waals surface area contributed by atoms with E-state index in [4.69, 9.17) is 0 Å². The fourth-order valence-electron chi connectivity index (χ4n) is 5.61. The van der Waals surface area contributed by atoms with Crippen molar-refractivity contribution in [2.75, 3.05) is 0 Å². The second-order valence-electron chi connectivity index (χ2n) is 8.66. The number of carboxylic acid groups (broad SMARTS) is 1. The molecule has 0 aromatic rings. The van der Waals surface area contributed by atoms with Crippen LogP contribution in [-0.2, 0) is 9.59 Å². The Morgan fingerprint density at radius 2 is 2.00 bits per heavy atom. The molecule has 0 unspecified atom stereocenters. The molecule has 0 spiro atoms. The van der Waals surface area contributed by atoms with E-state index in [9.17, 15) is 14.7 Å². The van der Waals surface area contributed by atoms with Crippen molar-refractivity contribution in [3.63, 3.8) is 0 Å². The lowest BCUT2D eigenvalue weighted by Crippen LogP contribution is -2.56. The quantitative estimate of drug-likeness (QED) is 0.769. The van der Waals surface area contributed by atoms with Gasteiger partial charge in [0.2, 0.25) is 0 Å². The number of ketones is 1. The van der Waals surface area contributed by atoms with Crippen molar-refractivity contribution in [2.24, 2.45) is 28.1 Å². The van der Waals surface area contributed by atoms with Crippen molar-refractivity contribution in [1.29, 1.82) is 0 Å². The number of hydrogen-bond donors (Lipinski definition) is 1. The predicted molar refractivity (Wildman–Crippen MR) is 89.9 cm³/mol. The first kappa shape index (κ1) is 16.5. The zero-order chi connectivity index (χ0) is 17.0. The van der Waals surface area contributed by atoms with E-state index in [1.165, 1.54) is 0 Å². The van der Waals surface area contributed by atoms with Crippen LogP contribution in [0.15, 0.2) is 24.3 Å². The summed E-state index contributed by atoms with van der Waals surface area (Å²) < 4.78 is 0. The number of Topliss-reactive ketones (excluding diaryl/α,β-unsaturated/α-hetero) is 1. The van der Waals surface area contributed by atoms with Crippen molar-refractivity contribution in [3.8, 4) is 0 Å². The van der Waals surface area contributed by atoms with Gasteiger partial charge in [0.25, 0.3) is 0 Å². The Balaban J connectivity index is 2.07. The van der Waals surface area contributed by atoms with Gasteiger partial charge in [0.1, 0.15) is 0 Å². The Morgan fingerprint density at radius 3 is 2.61 bits per heavy atom. The van der Waals surface area contributed by atoms with Crippen molar-refractivity contribution < 1.29 is 14.7 Å². The van der Waals surface area contributed by atoms with E-state index in [-0.39, 0.29) is 28.4 Å². The van der Waals surface area contributed by atoms with Crippen LogP contribution in [0.2, 0.25) is 0 Å². The van der Waals surface area contributed by atoms with Crippen molar-refractivity contribution in [2.45, 2.75) is 59.3 Å². The highest BCUT2D eigenvalue weighted by molar-refractivity contribution is 5.98. The summed E-state index contributed by atoms with van der Waals surface area (Å²) in [6.07, 6.45) is 9.06. The lowest BCUT2D eigenvalue weighted by Gasteiger charge is -2.58. The minimum absolute atomic E-state index is 0.0519. The van der Waals surface area contributed by atoms with Gasteiger partial charge in [-0.25, -0.2) is 0 Å². The van der Waals surface area contributed by atoms with Gasteiger partial charge in [-0.05, 0) is 55.4 Å². The second-order valence-corrected chi connectivity index (χ2v) is 8.66. The maximum absolute atomic E-state index is 12.8. The molecule has 0 amide bonds. The summed E-state index contributed by atoms with van der Waals surface area (Å²) in [6, 6.07) is 0. The molecule has 0 saturated heterocycles. The molecule has 5 atom stereocenters. The topological polar surface area (TPSA) is 54.4 Å². The highest BCUT2D eigenvalue weighted by atomic mass is 16.4. The largest absolute Gasteiger partial charge is 0.481 e. The first-order chi connectivity index (χ1) is 10.7. The van der Waals surface area contributed by atoms with Crippen LogP contribution in [-0.4, -0.2) is 16.9 Å². The van der Waals surface area contributed by atoms with Crippen LogP contribution < -0.4 is 0 Å². The molecule has 1 N–H and O–H groups in total. The van der Waals surface area contributed by atoms with Crippen LogP contribution in [0.25, 0.3) is 0 Å². The van der Waals surface area contributed by atoms with Crippen LogP contribution in [0.3, 0.4) is 0 Å². The van der Waals surface area contributed by atoms with Crippen LogP contribution >= 0.6 is 0 Å². The van der Waals surface area contributed by atoms with E-state index in [0.29, 0.717) is 12.8 Å². The smallest absolute Gasteiger partial charge is 0.309 e. The van der Waals surface area contributed by atoms with Crippen molar-refractivity contribution in [3.05, 3.63) is 24.3 Å². The molecule has 126 valence electrons. The molecule has 0 bridgehead atoms. The third-order valence-corrected chi connectivity index (χ3v) is 7.27. The van der Waals surface area contributed by atoms with Gasteiger partial charge in [-0.1, -0.05) is 32.4 Å². The summed E-state index contributed by atoms with van der Waals surface area (Å²) in [5.41, 5.74) is 0.00301. The third-order valence-electron chi connectivity index (χ3n) is 7.27. The normalized spacial score (nSPS) is 46.4. The number of carbonyl (C=O) groups is 2. The molecule has 3 nitrogen and oxygen atoms in total. The molecule has 3 aliphatic rings. The van der Waals surface area contributed by atoms with Gasteiger partial charge >= 0.3 is 5.97 Å². The summed E-state index contributed by atoms with van der Waals surface area (Å²) >= 11 is 0. The fraction of sp³-hybridized carbons (Fsp3) is 0.700. The maximum atomic E-state index is 12.8. The van der Waals surface area contributed by atoms with Gasteiger partial charge < -0.3 is 5.11 Å². The molecule has 0 aromatic carbocycles. The fourth-order valence-corrected chi connectivity index (χ4v) is 5.61. The molecule has 0 aliphatic heterocycles. The number of rotatable bonds is 2. The monoisotopic (exact) mass is 316 g/mol. The van der Waals surface area contributed by atoms with E-state index in [2.05, 4.69) is 26.5 Å². The number of aliphatic carboxylic acids is 1. The Bertz CT molecular complexity index is 604. The molecular weight excluding hydrogens is 288 g/mol. The van der Waals surface area contributed by atoms with Gasteiger partial charge in [-0.3, -0.25) is 9.59 Å². The van der Waals surface area contributed by atoms with Crippen LogP contribution in [0, 0.1) is 28.1 Å². The number of fused-ring (bicyclic) bond motifs is 3. The first-order valence-electron chi connectivity index (χ1n) is 8.79. The second kappa shape index (κ2) is 5.06. The van der Waals surface area contributed by atoms with Crippen LogP contribution in [0.1, 0.15) is 59.3 Å². The summed E-state index contributed by atoms with van der Waals surface area (Å²) in [5.74, 6) is -0.412. The molecule has 0 aromatic heterocycles. The lowest BCUT2D eigenvalue weighted by molar-refractivity contribution is -0.165. The number of carbonyl (C=O) groups excluding carboxylic acids is 1. The standard InChI is InChI=1S/C20H28O3/c1-5-18(2)10-7-14-13(12-18)15(21)11-16-19(14,3)8-6-9-20(16,4)17(22)23/h5,12,14,16H,1,6-11H2,2-4H3,(H,22,23)/t14-,16+,18-,19+,20+/m0/s1. The van der Waals surface area contributed by atoms with E-state index >= 15 is 0 Å². The van der Waals surface area contributed by atoms with Gasteiger partial charge in [0, 0.05) is 11.8 Å². The summed E-state index contributed by atoms with van der Waals surface area (Å²) in [6.45, 7) is 10.2. The number of allylic oxidation sites excluding steroid dienone is 3. The molecule has 3 rings (SSSR count). The summed E-state index contributed by atoms with van der Waals surface area (Å²) in [7, 11) is 0. The Morgan fingerprint density at radius 1 is 1.30 bits per heavy atom. The Labute approximate surface area is 138 Å². The third kappa shape index (κ3) is 2.23. The average Bonchev–Trinajstić information content (AvgIpc) is 2.50. The first-order valence-corrected chi connectivity index (χ1v) is 8.79. The highest BCUT2D eigenvalue weighted by Crippen LogP contribution is 2.63. The zero-order valence-electron chi connectivity index (χ0n) is 14.5. The maximum Gasteiger partial charge on any atom is 0.309 e.